The molecule has 4 spiro atoms. The molecule has 2 bridgehead atoms. The normalized spacial score (nSPS) is 29.4. The molecule has 9 aliphatic rings. The number of benzene rings is 17. The molecule has 27 aromatic rings. The van der Waals surface area contributed by atoms with E-state index in [-0.39, 0.29) is 23.2 Å². The van der Waals surface area contributed by atoms with Crippen molar-refractivity contribution in [3.8, 4) is 0 Å². The molecule has 36 rings (SSSR count). The molecule has 5 heteroatoms. The van der Waals surface area contributed by atoms with Gasteiger partial charge in [-0.3, -0.25) is 0 Å². The van der Waals surface area contributed by atoms with Crippen LogP contribution >= 0.6 is 0 Å². The summed E-state index contributed by atoms with van der Waals surface area (Å²) >= 11 is 0. The van der Waals surface area contributed by atoms with Crippen molar-refractivity contribution in [3.63, 3.8) is 0 Å². The summed E-state index contributed by atoms with van der Waals surface area (Å²) in [5.74, 6) is 0.463. The predicted molar refractivity (Wildman–Crippen MR) is 294 cm³/mol. The van der Waals surface area contributed by atoms with Gasteiger partial charge in [-0.15, -0.1) is 0 Å². The molecule has 1 aromatic heterocycles. The van der Waals surface area contributed by atoms with Crippen molar-refractivity contribution in [1.29, 1.82) is 0 Å². The van der Waals surface area contributed by atoms with E-state index in [2.05, 4.69) is 21.5 Å². The number of allylic oxidation sites excluding steroid dienone is 2. The fourth-order valence-electron chi connectivity index (χ4n) is 28.7. The molecule has 4 unspecified atom stereocenters. The summed E-state index contributed by atoms with van der Waals surface area (Å²) in [6.07, 6.45) is 6.51. The molecule has 0 N–H and O–H groups in total. The summed E-state index contributed by atoms with van der Waals surface area (Å²) < 4.78 is 5.99. The van der Waals surface area contributed by atoms with E-state index in [9.17, 15) is 0 Å². The lowest BCUT2D eigenvalue weighted by Crippen LogP contribution is -2.86. The fourth-order valence-corrected chi connectivity index (χ4v) is 28.7. The summed E-state index contributed by atoms with van der Waals surface area (Å²) in [4.78, 5) is 32.4. The summed E-state index contributed by atoms with van der Waals surface area (Å²) in [5.41, 5.74) is 6.32. The Labute approximate surface area is 394 Å². The number of hydrogen-bond acceptors (Lipinski definition) is 2. The van der Waals surface area contributed by atoms with E-state index in [1.54, 1.807) is 231 Å². The van der Waals surface area contributed by atoms with E-state index in [1.165, 1.54) is 75.9 Å². The highest BCUT2D eigenvalue weighted by molar-refractivity contribution is 6.80. The highest BCUT2D eigenvalue weighted by Gasteiger charge is 2.94. The number of rotatable bonds is 0. The molecule has 0 amide bonds. The molecular formula is C68H9N3O2. The lowest BCUT2D eigenvalue weighted by atomic mass is 9.34. The maximum Gasteiger partial charge on any atom is 0.348 e. The van der Waals surface area contributed by atoms with Gasteiger partial charge in [-0.1, -0.05) is 12.2 Å². The van der Waals surface area contributed by atoms with Crippen LogP contribution in [-0.2, 0) is 29.0 Å². The maximum atomic E-state index is 16.3. The smallest absolute Gasteiger partial charge is 0.246 e. The van der Waals surface area contributed by atoms with Crippen molar-refractivity contribution in [2.75, 3.05) is 0 Å². The molecular weight excluding hydrogens is 891 g/mol. The van der Waals surface area contributed by atoms with Crippen LogP contribution in [0.2, 0.25) is 0 Å². The van der Waals surface area contributed by atoms with Gasteiger partial charge in [0.2, 0.25) is 0 Å². The Bertz CT molecular complexity index is 7990. The van der Waals surface area contributed by atoms with Crippen molar-refractivity contribution in [3.05, 3.63) is 66.5 Å². The van der Waals surface area contributed by atoms with Gasteiger partial charge in [-0.05, 0) is 304 Å². The van der Waals surface area contributed by atoms with Crippen molar-refractivity contribution < 1.29 is 0 Å². The van der Waals surface area contributed by atoms with E-state index >= 15 is 9.59 Å². The SMILES string of the molecule is Cn1c(=O)n2n(c1=O)C13c4c5c6c7c8c9c%10c%11c(c%12c%13c%14c(c%15c4c4c%16c5c5c7c7c8c8c%10c%10c%17c%11c%13c%11c%13c%14c%14c%15c4c4c%15c%16c5c5c7c7c8c%10c8c(c%17%11)c%10c%13c%14c4c4c%15c5c7c8c%104)C%1221)C91[C@@H]2C=C[C@@H](C2)C613. The Morgan fingerprint density at radius 3 is 1.00 bits per heavy atom. The van der Waals surface area contributed by atoms with Crippen molar-refractivity contribution in [2.24, 2.45) is 18.9 Å². The van der Waals surface area contributed by atoms with Crippen LogP contribution in [0.5, 0.6) is 0 Å². The molecule has 0 radical (unpaired) electrons. The zero-order chi connectivity index (χ0) is 43.5. The van der Waals surface area contributed by atoms with Crippen molar-refractivity contribution in [1.82, 2.24) is 13.9 Å². The molecule has 1 saturated carbocycles. The Balaban J connectivity index is 1.18. The third kappa shape index (κ3) is 1.27. The largest absolute Gasteiger partial charge is 0.348 e. The number of fused-ring (bicyclic) bond motifs is 3. The van der Waals surface area contributed by atoms with Crippen LogP contribution in [0.3, 0.4) is 0 Å². The first-order valence-corrected chi connectivity index (χ1v) is 27.3. The monoisotopic (exact) mass is 899 g/mol. The summed E-state index contributed by atoms with van der Waals surface area (Å²) in [7, 11) is 1.81. The minimum absolute atomic E-state index is 0.115. The lowest BCUT2D eigenvalue weighted by Gasteiger charge is -2.74. The lowest BCUT2D eigenvalue weighted by molar-refractivity contribution is -0.101. The summed E-state index contributed by atoms with van der Waals surface area (Å²) in [5, 5.41) is 78.3. The van der Waals surface area contributed by atoms with Crippen LogP contribution in [-0.4, -0.2) is 13.9 Å². The summed E-state index contributed by atoms with van der Waals surface area (Å²) in [6, 6.07) is 0. The van der Waals surface area contributed by atoms with Gasteiger partial charge in [0.05, 0.1) is 0 Å². The first kappa shape index (κ1) is 26.6. The highest BCUT2D eigenvalue weighted by atomic mass is 16.2. The van der Waals surface area contributed by atoms with Gasteiger partial charge in [-0.25, -0.2) is 23.5 Å². The van der Waals surface area contributed by atoms with Crippen LogP contribution in [0.1, 0.15) is 39.8 Å². The zero-order valence-electron chi connectivity index (χ0n) is 37.2. The first-order valence-electron chi connectivity index (χ1n) is 27.3. The molecule has 1 aliphatic heterocycles. The molecule has 8 aliphatic carbocycles. The molecule has 1 fully saturated rings. The average molecular weight is 900 g/mol. The third-order valence-electron chi connectivity index (χ3n) is 28.2. The molecule has 6 atom stereocenters. The van der Waals surface area contributed by atoms with E-state index in [4.69, 9.17) is 0 Å². The van der Waals surface area contributed by atoms with Gasteiger partial charge in [-0.2, -0.15) is 0 Å². The predicted octanol–water partition coefficient (Wildman–Crippen LogP) is 14.4. The molecule has 26 aromatic carbocycles. The van der Waals surface area contributed by atoms with Gasteiger partial charge >= 0.3 is 11.4 Å². The second-order valence-electron chi connectivity index (χ2n) is 27.6. The first-order chi connectivity index (χ1) is 36.2. The fraction of sp³-hybridized carbons (Fsp3) is 0.118. The third-order valence-corrected chi connectivity index (χ3v) is 28.2. The van der Waals surface area contributed by atoms with Gasteiger partial charge in [0, 0.05) is 34.6 Å². The number of hydrogen-bond donors (Lipinski definition) is 0. The van der Waals surface area contributed by atoms with E-state index in [0.29, 0.717) is 0 Å². The second kappa shape index (κ2) is 5.70. The van der Waals surface area contributed by atoms with Gasteiger partial charge in [0.25, 0.3) is 0 Å². The summed E-state index contributed by atoms with van der Waals surface area (Å²) in [6.45, 7) is 0. The van der Waals surface area contributed by atoms with Gasteiger partial charge in [0.1, 0.15) is 11.1 Å². The minimum Gasteiger partial charge on any atom is -0.246 e. The zero-order valence-corrected chi connectivity index (χ0v) is 37.2. The van der Waals surface area contributed by atoms with Gasteiger partial charge < -0.3 is 0 Å². The van der Waals surface area contributed by atoms with Crippen molar-refractivity contribution in [2.45, 2.75) is 28.3 Å². The molecule has 2 heterocycles. The van der Waals surface area contributed by atoms with Crippen LogP contribution in [0.15, 0.2) is 21.7 Å². The van der Waals surface area contributed by atoms with Crippen LogP contribution in [0.4, 0.5) is 0 Å². The van der Waals surface area contributed by atoms with E-state index in [1.807, 2.05) is 7.05 Å². The van der Waals surface area contributed by atoms with Crippen molar-refractivity contribution >= 4 is 269 Å². The van der Waals surface area contributed by atoms with Crippen LogP contribution in [0.25, 0.3) is 269 Å². The molecule has 0 saturated heterocycles. The molecule has 73 heavy (non-hydrogen) atoms. The number of aromatic nitrogens is 3. The molecule has 308 valence electrons. The van der Waals surface area contributed by atoms with E-state index in [0.717, 1.165) is 6.42 Å². The topological polar surface area (TPSA) is 48.9 Å². The average Bonchev–Trinajstić information content (AvgIpc) is 2.23. The van der Waals surface area contributed by atoms with E-state index < -0.39 is 21.9 Å². The number of nitrogens with zero attached hydrogens (tertiary/aromatic N) is 3. The Hall–Kier alpha value is -8.80. The highest BCUT2D eigenvalue weighted by Crippen LogP contribution is 2.94. The van der Waals surface area contributed by atoms with Gasteiger partial charge in [0.15, 0.2) is 0 Å². The van der Waals surface area contributed by atoms with Crippen LogP contribution < -0.4 is 11.4 Å². The molecule has 5 nitrogen and oxygen atoms in total. The maximum absolute atomic E-state index is 16.3. The standard InChI is InChI=1S/C68H9N3O2/c1-69-63(72)70-67-59-51-43-35-25-17-10-8-7-9-11-12(10)19-23(17)36(43)44-38-27(19)26-18(11)22-16(9)24-20-13(7)15-14(8)21(25)30-32-28(15)31-29(20)39-33(24)40-34(22)41-37(26)47(38)56-58-50(41)48(40)57-49(39)54-45(31)46(32)55(52(59)42(30)35)62(67)61(54)65(57)5-2-3-6(4-5)66(58,65)68(67,60(56)53(44)51)71(70)64(69)73/h2-3,5-6H,4H2,1H3/t5-,6+,65?,66?,67?,68?/m1/s1. The second-order valence-corrected chi connectivity index (χ2v) is 27.6. The van der Waals surface area contributed by atoms with Crippen LogP contribution in [0, 0.1) is 11.8 Å². The Kier molecular flexibility index (Phi) is 2.07. The minimum atomic E-state index is -0.890. The quantitative estimate of drug-likeness (QED) is 0.112. The Morgan fingerprint density at radius 1 is 0.301 bits per heavy atom. The Morgan fingerprint density at radius 2 is 0.589 bits per heavy atom.